The smallest absolute Gasteiger partial charge is 0.329 e. The average molecular weight is 310 g/mol. The summed E-state index contributed by atoms with van der Waals surface area (Å²) in [4.78, 5) is 38.7. The maximum atomic E-state index is 12.3. The van der Waals surface area contributed by atoms with Crippen molar-refractivity contribution in [2.24, 2.45) is 0 Å². The Morgan fingerprint density at radius 3 is 2.48 bits per heavy atom. The molecular weight excluding hydrogens is 296 g/mol. The van der Waals surface area contributed by atoms with Crippen LogP contribution < -0.4 is 11.2 Å². The average Bonchev–Trinajstić information content (AvgIpc) is 2.58. The minimum absolute atomic E-state index is 0.0971. The molecule has 3 rings (SSSR count). The van der Waals surface area contributed by atoms with Gasteiger partial charge in [-0.15, -0.1) is 0 Å². The Bertz CT molecular complexity index is 957. The topological polar surface area (TPSA) is 81.2 Å². The van der Waals surface area contributed by atoms with Gasteiger partial charge >= 0.3 is 11.7 Å². The standard InChI is InChI=1S/C17H14N2O4/c20-15(23-11-12-6-2-1-3-7-12)10-19-16(21)13-8-4-5-9-14(13)18-17(19)22/h1-9H,10-11H2,(H,18,22). The van der Waals surface area contributed by atoms with Crippen LogP contribution in [0.25, 0.3) is 10.9 Å². The molecule has 0 fully saturated rings. The molecule has 0 radical (unpaired) electrons. The van der Waals surface area contributed by atoms with Gasteiger partial charge < -0.3 is 9.72 Å². The van der Waals surface area contributed by atoms with Gasteiger partial charge in [0.2, 0.25) is 0 Å². The lowest BCUT2D eigenvalue weighted by molar-refractivity contribution is -0.145. The third-order valence-corrected chi connectivity index (χ3v) is 3.42. The van der Waals surface area contributed by atoms with E-state index in [4.69, 9.17) is 4.74 Å². The van der Waals surface area contributed by atoms with Crippen LogP contribution in [0.2, 0.25) is 0 Å². The van der Waals surface area contributed by atoms with Crippen LogP contribution in [-0.2, 0) is 22.7 Å². The van der Waals surface area contributed by atoms with Crippen molar-refractivity contribution < 1.29 is 9.53 Å². The van der Waals surface area contributed by atoms with Crippen molar-refractivity contribution in [1.29, 1.82) is 0 Å². The van der Waals surface area contributed by atoms with Gasteiger partial charge in [-0.3, -0.25) is 9.59 Å². The van der Waals surface area contributed by atoms with E-state index in [1.165, 1.54) is 0 Å². The number of rotatable bonds is 4. The molecule has 3 aromatic rings. The van der Waals surface area contributed by atoms with Crippen molar-refractivity contribution in [3.8, 4) is 0 Å². The monoisotopic (exact) mass is 310 g/mol. The number of ether oxygens (including phenoxy) is 1. The summed E-state index contributed by atoms with van der Waals surface area (Å²) in [5.74, 6) is -0.642. The molecule has 1 heterocycles. The van der Waals surface area contributed by atoms with Gasteiger partial charge in [-0.1, -0.05) is 42.5 Å². The first-order valence-corrected chi connectivity index (χ1v) is 7.06. The number of benzene rings is 2. The second-order valence-electron chi connectivity index (χ2n) is 5.01. The minimum Gasteiger partial charge on any atom is -0.459 e. The number of nitrogens with one attached hydrogen (secondary N) is 1. The molecule has 0 aliphatic carbocycles. The fourth-order valence-corrected chi connectivity index (χ4v) is 2.26. The van der Waals surface area contributed by atoms with Gasteiger partial charge in [0, 0.05) is 0 Å². The summed E-state index contributed by atoms with van der Waals surface area (Å²) in [6.45, 7) is -0.328. The first kappa shape index (κ1) is 14.8. The molecule has 0 amide bonds. The molecule has 0 saturated carbocycles. The summed E-state index contributed by atoms with van der Waals surface area (Å²) in [7, 11) is 0. The van der Waals surface area contributed by atoms with Crippen molar-refractivity contribution in [1.82, 2.24) is 9.55 Å². The Kier molecular flexibility index (Phi) is 4.05. The fourth-order valence-electron chi connectivity index (χ4n) is 2.26. The number of aromatic nitrogens is 2. The quantitative estimate of drug-likeness (QED) is 0.739. The zero-order chi connectivity index (χ0) is 16.2. The second kappa shape index (κ2) is 6.31. The highest BCUT2D eigenvalue weighted by molar-refractivity contribution is 5.77. The fraction of sp³-hybridized carbons (Fsp3) is 0.118. The van der Waals surface area contributed by atoms with Gasteiger partial charge in [0.15, 0.2) is 0 Å². The van der Waals surface area contributed by atoms with E-state index in [1.54, 1.807) is 24.3 Å². The summed E-state index contributed by atoms with van der Waals surface area (Å²) in [6, 6.07) is 15.8. The van der Waals surface area contributed by atoms with Crippen LogP contribution in [0.3, 0.4) is 0 Å². The molecule has 1 N–H and O–H groups in total. The Morgan fingerprint density at radius 1 is 1.00 bits per heavy atom. The maximum absolute atomic E-state index is 12.3. The number of hydrogen-bond donors (Lipinski definition) is 1. The number of H-pyrrole nitrogens is 1. The number of carbonyl (C=O) groups excluding carboxylic acids is 1. The van der Waals surface area contributed by atoms with E-state index >= 15 is 0 Å². The number of esters is 1. The molecule has 2 aromatic carbocycles. The van der Waals surface area contributed by atoms with Crippen LogP contribution in [0, 0.1) is 0 Å². The highest BCUT2D eigenvalue weighted by Crippen LogP contribution is 2.04. The Labute approximate surface area is 131 Å². The van der Waals surface area contributed by atoms with E-state index in [2.05, 4.69) is 4.98 Å². The van der Waals surface area contributed by atoms with Gasteiger partial charge in [-0.05, 0) is 17.7 Å². The van der Waals surface area contributed by atoms with Crippen LogP contribution >= 0.6 is 0 Å². The largest absolute Gasteiger partial charge is 0.459 e. The van der Waals surface area contributed by atoms with E-state index in [9.17, 15) is 14.4 Å². The lowest BCUT2D eigenvalue weighted by Gasteiger charge is -2.07. The highest BCUT2D eigenvalue weighted by Gasteiger charge is 2.12. The first-order chi connectivity index (χ1) is 11.1. The molecule has 0 aliphatic heterocycles. The van der Waals surface area contributed by atoms with E-state index in [0.29, 0.717) is 10.9 Å². The highest BCUT2D eigenvalue weighted by atomic mass is 16.5. The summed E-state index contributed by atoms with van der Waals surface area (Å²) < 4.78 is 5.95. The maximum Gasteiger partial charge on any atom is 0.329 e. The Morgan fingerprint density at radius 2 is 1.70 bits per heavy atom. The van der Waals surface area contributed by atoms with Crippen LogP contribution in [0.4, 0.5) is 0 Å². The molecule has 0 saturated heterocycles. The van der Waals surface area contributed by atoms with Crippen LogP contribution in [-0.4, -0.2) is 15.5 Å². The molecule has 0 bridgehead atoms. The van der Waals surface area contributed by atoms with E-state index in [1.807, 2.05) is 30.3 Å². The van der Waals surface area contributed by atoms with Gasteiger partial charge in [0.1, 0.15) is 13.2 Å². The summed E-state index contributed by atoms with van der Waals surface area (Å²) >= 11 is 0. The second-order valence-corrected chi connectivity index (χ2v) is 5.01. The molecule has 6 nitrogen and oxygen atoms in total. The number of aromatic amines is 1. The van der Waals surface area contributed by atoms with E-state index in [0.717, 1.165) is 10.1 Å². The van der Waals surface area contributed by atoms with E-state index < -0.39 is 23.8 Å². The predicted molar refractivity (Wildman–Crippen MR) is 85.1 cm³/mol. The number of hydrogen-bond acceptors (Lipinski definition) is 4. The molecular formula is C17H14N2O4. The number of carbonyl (C=O) groups is 1. The Balaban J connectivity index is 1.80. The third-order valence-electron chi connectivity index (χ3n) is 3.42. The predicted octanol–water partition coefficient (Wildman–Crippen LogP) is 1.43. The molecule has 0 spiro atoms. The zero-order valence-corrected chi connectivity index (χ0v) is 12.2. The molecule has 0 aliphatic rings. The van der Waals surface area contributed by atoms with Gasteiger partial charge in [-0.2, -0.15) is 0 Å². The molecule has 23 heavy (non-hydrogen) atoms. The van der Waals surface area contributed by atoms with Gasteiger partial charge in [-0.25, -0.2) is 9.36 Å². The SMILES string of the molecule is O=C(Cn1c(=O)[nH]c2ccccc2c1=O)OCc1ccccc1. The van der Waals surface area contributed by atoms with Crippen LogP contribution in [0.1, 0.15) is 5.56 Å². The van der Waals surface area contributed by atoms with Crippen molar-refractivity contribution in [3.05, 3.63) is 81.0 Å². The minimum atomic E-state index is -0.642. The normalized spacial score (nSPS) is 10.6. The summed E-state index contributed by atoms with van der Waals surface area (Å²) in [5, 5.41) is 0.350. The lowest BCUT2D eigenvalue weighted by Crippen LogP contribution is -2.37. The number of para-hydroxylation sites is 1. The lowest BCUT2D eigenvalue weighted by atomic mass is 10.2. The first-order valence-electron chi connectivity index (χ1n) is 7.06. The zero-order valence-electron chi connectivity index (χ0n) is 12.2. The summed E-state index contributed by atoms with van der Waals surface area (Å²) in [5.41, 5.74) is 0.128. The van der Waals surface area contributed by atoms with Crippen molar-refractivity contribution >= 4 is 16.9 Å². The van der Waals surface area contributed by atoms with Gasteiger partial charge in [0.25, 0.3) is 5.56 Å². The summed E-state index contributed by atoms with van der Waals surface area (Å²) in [6.07, 6.45) is 0. The molecule has 116 valence electrons. The van der Waals surface area contributed by atoms with Gasteiger partial charge in [0.05, 0.1) is 10.9 Å². The molecule has 0 atom stereocenters. The molecule has 1 aromatic heterocycles. The van der Waals surface area contributed by atoms with Crippen LogP contribution in [0.15, 0.2) is 64.2 Å². The van der Waals surface area contributed by atoms with E-state index in [-0.39, 0.29) is 6.61 Å². The number of fused-ring (bicyclic) bond motifs is 1. The van der Waals surface area contributed by atoms with Crippen LogP contribution in [0.5, 0.6) is 0 Å². The Hall–Kier alpha value is -3.15. The molecule has 6 heteroatoms. The van der Waals surface area contributed by atoms with Crippen molar-refractivity contribution in [2.75, 3.05) is 0 Å². The van der Waals surface area contributed by atoms with Crippen molar-refractivity contribution in [3.63, 3.8) is 0 Å². The number of nitrogens with zero attached hydrogens (tertiary/aromatic N) is 1. The third kappa shape index (κ3) is 3.21. The molecule has 0 unspecified atom stereocenters. The van der Waals surface area contributed by atoms with Crippen molar-refractivity contribution in [2.45, 2.75) is 13.2 Å².